The molecule has 0 bridgehead atoms. The number of methoxy groups -OCH3 is 2. The van der Waals surface area contributed by atoms with Crippen molar-refractivity contribution in [3.63, 3.8) is 0 Å². The minimum absolute atomic E-state index is 0.138. The van der Waals surface area contributed by atoms with Gasteiger partial charge in [0.05, 0.1) is 26.5 Å². The molecule has 0 aliphatic rings. The van der Waals surface area contributed by atoms with Crippen molar-refractivity contribution in [2.24, 2.45) is 0 Å². The van der Waals surface area contributed by atoms with E-state index in [2.05, 4.69) is 10.6 Å². The van der Waals surface area contributed by atoms with Gasteiger partial charge in [-0.3, -0.25) is 9.59 Å². The van der Waals surface area contributed by atoms with E-state index >= 15 is 0 Å². The molecule has 0 saturated heterocycles. The molecule has 0 saturated carbocycles. The molecule has 2 aromatic carbocycles. The highest BCUT2D eigenvalue weighted by Gasteiger charge is 2.11. The number of rotatable bonds is 6. The van der Waals surface area contributed by atoms with Crippen molar-refractivity contribution in [1.82, 2.24) is 5.32 Å². The largest absolute Gasteiger partial charge is 0.497 e. The first kappa shape index (κ1) is 18.3. The SMILES string of the molecule is COc1ccc(NC(=O)CNC(=O)c2cc(C)cc(C)c2)c(OC)c1. The van der Waals surface area contributed by atoms with Gasteiger partial charge in [0.15, 0.2) is 0 Å². The van der Waals surface area contributed by atoms with E-state index in [1.165, 1.54) is 7.11 Å². The average molecular weight is 342 g/mol. The van der Waals surface area contributed by atoms with E-state index in [1.807, 2.05) is 19.9 Å². The number of carbonyl (C=O) groups is 2. The molecule has 2 amide bonds. The first-order valence-electron chi connectivity index (χ1n) is 7.81. The quantitative estimate of drug-likeness (QED) is 0.846. The number of aryl methyl sites for hydroxylation is 2. The Morgan fingerprint density at radius 2 is 1.64 bits per heavy atom. The Kier molecular flexibility index (Phi) is 6.00. The van der Waals surface area contributed by atoms with E-state index in [0.717, 1.165) is 11.1 Å². The topological polar surface area (TPSA) is 76.7 Å². The molecule has 25 heavy (non-hydrogen) atoms. The zero-order valence-electron chi connectivity index (χ0n) is 14.8. The summed E-state index contributed by atoms with van der Waals surface area (Å²) in [4.78, 5) is 24.3. The third-order valence-electron chi connectivity index (χ3n) is 3.58. The van der Waals surface area contributed by atoms with Crippen molar-refractivity contribution in [3.8, 4) is 11.5 Å². The monoisotopic (exact) mass is 342 g/mol. The van der Waals surface area contributed by atoms with Gasteiger partial charge in [-0.05, 0) is 38.1 Å². The van der Waals surface area contributed by atoms with Crippen LogP contribution in [0.5, 0.6) is 11.5 Å². The first-order chi connectivity index (χ1) is 11.9. The molecule has 0 aliphatic carbocycles. The van der Waals surface area contributed by atoms with E-state index < -0.39 is 0 Å². The first-order valence-corrected chi connectivity index (χ1v) is 7.81. The van der Waals surface area contributed by atoms with Gasteiger partial charge in [-0.1, -0.05) is 17.2 Å². The molecule has 0 spiro atoms. The Hall–Kier alpha value is -3.02. The molecule has 132 valence electrons. The Morgan fingerprint density at radius 1 is 0.960 bits per heavy atom. The lowest BCUT2D eigenvalue weighted by molar-refractivity contribution is -0.115. The molecule has 0 unspecified atom stereocenters. The van der Waals surface area contributed by atoms with Crippen LogP contribution in [0.2, 0.25) is 0 Å². The lowest BCUT2D eigenvalue weighted by atomic mass is 10.1. The van der Waals surface area contributed by atoms with Crippen LogP contribution in [0.15, 0.2) is 36.4 Å². The molecule has 6 heteroatoms. The van der Waals surface area contributed by atoms with Gasteiger partial charge in [0.2, 0.25) is 5.91 Å². The summed E-state index contributed by atoms with van der Waals surface area (Å²) in [7, 11) is 3.06. The summed E-state index contributed by atoms with van der Waals surface area (Å²) >= 11 is 0. The summed E-state index contributed by atoms with van der Waals surface area (Å²) in [6.45, 7) is 3.71. The second kappa shape index (κ2) is 8.19. The Balaban J connectivity index is 1.97. The van der Waals surface area contributed by atoms with E-state index in [9.17, 15) is 9.59 Å². The van der Waals surface area contributed by atoms with Crippen molar-refractivity contribution in [2.45, 2.75) is 13.8 Å². The summed E-state index contributed by atoms with van der Waals surface area (Å²) in [6, 6.07) is 10.6. The van der Waals surface area contributed by atoms with Gasteiger partial charge in [-0.25, -0.2) is 0 Å². The number of amides is 2. The van der Waals surface area contributed by atoms with Crippen LogP contribution in [0.4, 0.5) is 5.69 Å². The number of nitrogens with one attached hydrogen (secondary N) is 2. The summed E-state index contributed by atoms with van der Waals surface area (Å²) in [6.07, 6.45) is 0. The maximum Gasteiger partial charge on any atom is 0.251 e. The number of hydrogen-bond acceptors (Lipinski definition) is 4. The lowest BCUT2D eigenvalue weighted by Crippen LogP contribution is -2.33. The summed E-state index contributed by atoms with van der Waals surface area (Å²) in [5.41, 5.74) is 3.04. The Bertz CT molecular complexity index is 767. The standard InChI is InChI=1S/C19H22N2O4/c1-12-7-13(2)9-14(8-12)19(23)20-11-18(22)21-16-6-5-15(24-3)10-17(16)25-4/h5-10H,11H2,1-4H3,(H,20,23)(H,21,22). The Morgan fingerprint density at radius 3 is 2.24 bits per heavy atom. The maximum atomic E-state index is 12.2. The number of ether oxygens (including phenoxy) is 2. The molecule has 0 radical (unpaired) electrons. The fraction of sp³-hybridized carbons (Fsp3) is 0.263. The van der Waals surface area contributed by atoms with E-state index in [1.54, 1.807) is 37.4 Å². The fourth-order valence-electron chi connectivity index (χ4n) is 2.46. The fourth-order valence-corrected chi connectivity index (χ4v) is 2.46. The van der Waals surface area contributed by atoms with E-state index in [-0.39, 0.29) is 18.4 Å². The van der Waals surface area contributed by atoms with Gasteiger partial charge in [0.25, 0.3) is 5.91 Å². The molecule has 6 nitrogen and oxygen atoms in total. The normalized spacial score (nSPS) is 10.1. The molecule has 2 aromatic rings. The summed E-state index contributed by atoms with van der Waals surface area (Å²) < 4.78 is 10.3. The maximum absolute atomic E-state index is 12.2. The van der Waals surface area contributed by atoms with Gasteiger partial charge >= 0.3 is 0 Å². The molecule has 2 N–H and O–H groups in total. The van der Waals surface area contributed by atoms with Crippen molar-refractivity contribution >= 4 is 17.5 Å². The lowest BCUT2D eigenvalue weighted by Gasteiger charge is -2.12. The van der Waals surface area contributed by atoms with Gasteiger partial charge < -0.3 is 20.1 Å². The van der Waals surface area contributed by atoms with Crippen LogP contribution in [0.3, 0.4) is 0 Å². The van der Waals surface area contributed by atoms with Crippen LogP contribution in [0.1, 0.15) is 21.5 Å². The third kappa shape index (κ3) is 4.97. The number of benzene rings is 2. The molecular weight excluding hydrogens is 320 g/mol. The predicted molar refractivity (Wildman–Crippen MR) is 96.4 cm³/mol. The predicted octanol–water partition coefficient (Wildman–Crippen LogP) is 2.69. The molecule has 0 aliphatic heterocycles. The molecular formula is C19H22N2O4. The van der Waals surface area contributed by atoms with Crippen molar-refractivity contribution < 1.29 is 19.1 Å². The molecule has 0 atom stereocenters. The highest BCUT2D eigenvalue weighted by Crippen LogP contribution is 2.28. The molecule has 0 fully saturated rings. The van der Waals surface area contributed by atoms with Gasteiger partial charge in [0, 0.05) is 11.6 Å². The van der Waals surface area contributed by atoms with Gasteiger partial charge in [-0.2, -0.15) is 0 Å². The van der Waals surface area contributed by atoms with Crippen molar-refractivity contribution in [3.05, 3.63) is 53.1 Å². The molecule has 0 heterocycles. The van der Waals surface area contributed by atoms with Crippen LogP contribution < -0.4 is 20.1 Å². The van der Waals surface area contributed by atoms with Gasteiger partial charge in [-0.15, -0.1) is 0 Å². The van der Waals surface area contributed by atoms with Gasteiger partial charge in [0.1, 0.15) is 11.5 Å². The highest BCUT2D eigenvalue weighted by molar-refractivity contribution is 6.00. The molecule has 2 rings (SSSR count). The van der Waals surface area contributed by atoms with E-state index in [0.29, 0.717) is 22.7 Å². The number of anilines is 1. The van der Waals surface area contributed by atoms with Crippen LogP contribution >= 0.6 is 0 Å². The summed E-state index contributed by atoms with van der Waals surface area (Å²) in [5, 5.41) is 5.33. The zero-order valence-corrected chi connectivity index (χ0v) is 14.8. The highest BCUT2D eigenvalue weighted by atomic mass is 16.5. The van der Waals surface area contributed by atoms with Crippen LogP contribution in [-0.2, 0) is 4.79 Å². The number of carbonyl (C=O) groups excluding carboxylic acids is 2. The van der Waals surface area contributed by atoms with E-state index in [4.69, 9.17) is 9.47 Å². The smallest absolute Gasteiger partial charge is 0.251 e. The van der Waals surface area contributed by atoms with Crippen molar-refractivity contribution in [2.75, 3.05) is 26.1 Å². The third-order valence-corrected chi connectivity index (χ3v) is 3.58. The average Bonchev–Trinajstić information content (AvgIpc) is 2.59. The molecule has 0 aromatic heterocycles. The minimum Gasteiger partial charge on any atom is -0.497 e. The van der Waals surface area contributed by atoms with Crippen LogP contribution in [-0.4, -0.2) is 32.6 Å². The second-order valence-electron chi connectivity index (χ2n) is 5.67. The number of hydrogen-bond donors (Lipinski definition) is 2. The Labute approximate surface area is 147 Å². The minimum atomic E-state index is -0.346. The van der Waals surface area contributed by atoms with Crippen LogP contribution in [0, 0.1) is 13.8 Å². The van der Waals surface area contributed by atoms with Crippen LogP contribution in [0.25, 0.3) is 0 Å². The zero-order chi connectivity index (χ0) is 18.4. The second-order valence-corrected chi connectivity index (χ2v) is 5.67. The summed E-state index contributed by atoms with van der Waals surface area (Å²) in [5.74, 6) is 0.469. The van der Waals surface area contributed by atoms with Crippen molar-refractivity contribution in [1.29, 1.82) is 0 Å².